The number of methoxy groups -OCH3 is 1. The first kappa shape index (κ1) is 14.6. The highest BCUT2D eigenvalue weighted by Crippen LogP contribution is 2.23. The molecule has 1 aliphatic rings. The van der Waals surface area contributed by atoms with Crippen LogP contribution in [0.5, 0.6) is 5.75 Å². The van der Waals surface area contributed by atoms with Crippen LogP contribution in [0.3, 0.4) is 0 Å². The Labute approximate surface area is 129 Å². The summed E-state index contributed by atoms with van der Waals surface area (Å²) in [6.07, 6.45) is 2.06. The van der Waals surface area contributed by atoms with Gasteiger partial charge in [-0.25, -0.2) is 0 Å². The van der Waals surface area contributed by atoms with E-state index in [2.05, 4.69) is 10.2 Å². The molecular formula is C16H19N3O3. The second-order valence-electron chi connectivity index (χ2n) is 5.21. The minimum atomic E-state index is -0.0954. The zero-order valence-electron chi connectivity index (χ0n) is 12.5. The fourth-order valence-corrected chi connectivity index (χ4v) is 2.63. The SMILES string of the molecule is COc1ccc(CC(=O)N2CCOC[C@@H]2c2ccn[nH]2)cc1. The number of amides is 1. The van der Waals surface area contributed by atoms with Gasteiger partial charge in [0.15, 0.2) is 0 Å². The summed E-state index contributed by atoms with van der Waals surface area (Å²) < 4.78 is 10.6. The summed E-state index contributed by atoms with van der Waals surface area (Å²) in [6.45, 7) is 1.66. The summed E-state index contributed by atoms with van der Waals surface area (Å²) in [6, 6.07) is 9.36. The van der Waals surface area contributed by atoms with Crippen molar-refractivity contribution in [3.05, 3.63) is 47.8 Å². The van der Waals surface area contributed by atoms with Gasteiger partial charge in [-0.1, -0.05) is 12.1 Å². The van der Waals surface area contributed by atoms with Crippen LogP contribution in [0.2, 0.25) is 0 Å². The second kappa shape index (κ2) is 6.62. The predicted molar refractivity (Wildman–Crippen MR) is 80.6 cm³/mol. The van der Waals surface area contributed by atoms with E-state index >= 15 is 0 Å². The van der Waals surface area contributed by atoms with Gasteiger partial charge in [-0.15, -0.1) is 0 Å². The number of aromatic nitrogens is 2. The Hall–Kier alpha value is -2.34. The molecule has 3 rings (SSSR count). The predicted octanol–water partition coefficient (Wildman–Crippen LogP) is 1.56. The van der Waals surface area contributed by atoms with E-state index in [4.69, 9.17) is 9.47 Å². The van der Waals surface area contributed by atoms with Gasteiger partial charge in [0.05, 0.1) is 38.5 Å². The molecule has 1 aromatic carbocycles. The molecule has 1 aliphatic heterocycles. The zero-order valence-corrected chi connectivity index (χ0v) is 12.5. The van der Waals surface area contributed by atoms with Crippen molar-refractivity contribution in [2.75, 3.05) is 26.9 Å². The summed E-state index contributed by atoms with van der Waals surface area (Å²) in [5.74, 6) is 0.881. The largest absolute Gasteiger partial charge is 0.497 e. The Morgan fingerprint density at radius 1 is 1.41 bits per heavy atom. The second-order valence-corrected chi connectivity index (χ2v) is 5.21. The van der Waals surface area contributed by atoms with Gasteiger partial charge in [-0.3, -0.25) is 9.89 Å². The number of H-pyrrole nitrogens is 1. The third-order valence-electron chi connectivity index (χ3n) is 3.84. The molecule has 22 heavy (non-hydrogen) atoms. The van der Waals surface area contributed by atoms with Crippen molar-refractivity contribution < 1.29 is 14.3 Å². The smallest absolute Gasteiger partial charge is 0.227 e. The zero-order chi connectivity index (χ0) is 15.4. The monoisotopic (exact) mass is 301 g/mol. The quantitative estimate of drug-likeness (QED) is 0.930. The number of hydrogen-bond donors (Lipinski definition) is 1. The number of carbonyl (C=O) groups is 1. The average Bonchev–Trinajstić information content (AvgIpc) is 3.10. The number of nitrogens with one attached hydrogen (secondary N) is 1. The van der Waals surface area contributed by atoms with Gasteiger partial charge in [-0.05, 0) is 23.8 Å². The van der Waals surface area contributed by atoms with E-state index in [1.165, 1.54) is 0 Å². The number of rotatable bonds is 4. The maximum atomic E-state index is 12.6. The topological polar surface area (TPSA) is 67.4 Å². The van der Waals surface area contributed by atoms with Gasteiger partial charge in [0, 0.05) is 12.7 Å². The summed E-state index contributed by atoms with van der Waals surface area (Å²) in [5, 5.41) is 6.89. The fraction of sp³-hybridized carbons (Fsp3) is 0.375. The molecule has 0 unspecified atom stereocenters. The van der Waals surface area contributed by atoms with Crippen LogP contribution < -0.4 is 4.74 Å². The number of ether oxygens (including phenoxy) is 2. The molecule has 116 valence electrons. The lowest BCUT2D eigenvalue weighted by atomic mass is 10.1. The molecule has 1 aromatic heterocycles. The van der Waals surface area contributed by atoms with Crippen molar-refractivity contribution in [2.24, 2.45) is 0 Å². The first-order valence-electron chi connectivity index (χ1n) is 7.27. The van der Waals surface area contributed by atoms with Crippen molar-refractivity contribution in [3.8, 4) is 5.75 Å². The van der Waals surface area contributed by atoms with Gasteiger partial charge in [-0.2, -0.15) is 5.10 Å². The molecule has 1 amide bonds. The van der Waals surface area contributed by atoms with E-state index in [0.717, 1.165) is 17.0 Å². The molecule has 0 aliphatic carbocycles. The van der Waals surface area contributed by atoms with Gasteiger partial charge in [0.1, 0.15) is 5.75 Å². The van der Waals surface area contributed by atoms with Gasteiger partial charge >= 0.3 is 0 Å². The van der Waals surface area contributed by atoms with Crippen molar-refractivity contribution in [1.29, 1.82) is 0 Å². The van der Waals surface area contributed by atoms with Gasteiger partial charge < -0.3 is 14.4 Å². The number of benzene rings is 1. The van der Waals surface area contributed by atoms with E-state index in [9.17, 15) is 4.79 Å². The lowest BCUT2D eigenvalue weighted by Crippen LogP contribution is -2.44. The molecule has 2 aromatic rings. The van der Waals surface area contributed by atoms with E-state index in [0.29, 0.717) is 26.2 Å². The standard InChI is InChI=1S/C16H19N3O3/c1-21-13-4-2-12(3-5-13)10-16(20)19-8-9-22-11-15(19)14-6-7-17-18-14/h2-7,15H,8-11H2,1H3,(H,17,18)/t15-/m1/s1. The number of aromatic amines is 1. The summed E-state index contributed by atoms with van der Waals surface area (Å²) in [5.41, 5.74) is 1.88. The van der Waals surface area contributed by atoms with E-state index in [1.54, 1.807) is 13.3 Å². The Balaban J connectivity index is 1.71. The highest BCUT2D eigenvalue weighted by molar-refractivity contribution is 5.79. The van der Waals surface area contributed by atoms with Crippen LogP contribution in [0, 0.1) is 0 Å². The number of carbonyl (C=O) groups excluding carboxylic acids is 1. The lowest BCUT2D eigenvalue weighted by Gasteiger charge is -2.35. The first-order valence-corrected chi connectivity index (χ1v) is 7.27. The molecule has 1 fully saturated rings. The maximum Gasteiger partial charge on any atom is 0.227 e. The van der Waals surface area contributed by atoms with Crippen molar-refractivity contribution >= 4 is 5.91 Å². The van der Waals surface area contributed by atoms with Gasteiger partial charge in [0.2, 0.25) is 5.91 Å². The van der Waals surface area contributed by atoms with E-state index in [-0.39, 0.29) is 11.9 Å². The molecule has 0 spiro atoms. The lowest BCUT2D eigenvalue weighted by molar-refractivity contribution is -0.139. The molecule has 2 heterocycles. The van der Waals surface area contributed by atoms with Crippen molar-refractivity contribution in [3.63, 3.8) is 0 Å². The van der Waals surface area contributed by atoms with Crippen LogP contribution in [-0.2, 0) is 16.0 Å². The third-order valence-corrected chi connectivity index (χ3v) is 3.84. The normalized spacial score (nSPS) is 18.2. The molecule has 0 bridgehead atoms. The van der Waals surface area contributed by atoms with Crippen LogP contribution in [0.25, 0.3) is 0 Å². The van der Waals surface area contributed by atoms with E-state index in [1.807, 2.05) is 35.2 Å². The molecular weight excluding hydrogens is 282 g/mol. The summed E-state index contributed by atoms with van der Waals surface area (Å²) >= 11 is 0. The number of morpholine rings is 1. The molecule has 6 heteroatoms. The van der Waals surface area contributed by atoms with E-state index < -0.39 is 0 Å². The highest BCUT2D eigenvalue weighted by Gasteiger charge is 2.29. The third kappa shape index (κ3) is 3.12. The molecule has 1 saturated heterocycles. The fourth-order valence-electron chi connectivity index (χ4n) is 2.63. The van der Waals surface area contributed by atoms with Crippen molar-refractivity contribution in [2.45, 2.75) is 12.5 Å². The average molecular weight is 301 g/mol. The Morgan fingerprint density at radius 3 is 2.91 bits per heavy atom. The maximum absolute atomic E-state index is 12.6. The van der Waals surface area contributed by atoms with Crippen LogP contribution in [0.1, 0.15) is 17.3 Å². The highest BCUT2D eigenvalue weighted by atomic mass is 16.5. The van der Waals surface area contributed by atoms with Crippen LogP contribution in [0.4, 0.5) is 0 Å². The minimum absolute atomic E-state index is 0.0908. The molecule has 1 N–H and O–H groups in total. The Kier molecular flexibility index (Phi) is 4.39. The summed E-state index contributed by atoms with van der Waals surface area (Å²) in [4.78, 5) is 14.5. The van der Waals surface area contributed by atoms with Crippen LogP contribution in [0.15, 0.2) is 36.5 Å². The summed E-state index contributed by atoms with van der Waals surface area (Å²) in [7, 11) is 1.63. The Bertz CT molecular complexity index is 610. The molecule has 1 atom stereocenters. The molecule has 0 saturated carbocycles. The van der Waals surface area contributed by atoms with Crippen molar-refractivity contribution in [1.82, 2.24) is 15.1 Å². The van der Waals surface area contributed by atoms with Crippen LogP contribution in [-0.4, -0.2) is 47.9 Å². The first-order chi connectivity index (χ1) is 10.8. The Morgan fingerprint density at radius 2 is 2.23 bits per heavy atom. The molecule has 6 nitrogen and oxygen atoms in total. The van der Waals surface area contributed by atoms with Gasteiger partial charge in [0.25, 0.3) is 0 Å². The molecule has 0 radical (unpaired) electrons. The van der Waals surface area contributed by atoms with Crippen LogP contribution >= 0.6 is 0 Å². The number of nitrogens with zero attached hydrogens (tertiary/aromatic N) is 2. The number of hydrogen-bond acceptors (Lipinski definition) is 4. The minimum Gasteiger partial charge on any atom is -0.497 e.